The maximum absolute atomic E-state index is 10.8. The molecule has 0 fully saturated rings. The molecule has 0 atom stereocenters. The van der Waals surface area contributed by atoms with Crippen LogP contribution in [0.1, 0.15) is 96.8 Å². The van der Waals surface area contributed by atoms with E-state index >= 15 is 0 Å². The Hall–Kier alpha value is -1.24. The van der Waals surface area contributed by atoms with Crippen LogP contribution < -0.4 is 5.73 Å². The van der Waals surface area contributed by atoms with Gasteiger partial charge >= 0.3 is 6.03 Å². The van der Waals surface area contributed by atoms with E-state index in [1.807, 2.05) is 0 Å². The first-order valence-electron chi connectivity index (χ1n) is 9.19. The van der Waals surface area contributed by atoms with Crippen molar-refractivity contribution >= 4 is 6.03 Å². The van der Waals surface area contributed by atoms with Crippen molar-refractivity contribution in [3.8, 4) is 6.19 Å². The molecule has 0 rings (SSSR count). The number of carbonyl (C=O) groups is 1. The molecule has 0 saturated carbocycles. The maximum Gasteiger partial charge on any atom is 0.327 e. The summed E-state index contributed by atoms with van der Waals surface area (Å²) in [6, 6.07) is -0.641. The molecule has 0 unspecified atom stereocenters. The summed E-state index contributed by atoms with van der Waals surface area (Å²) < 4.78 is 0. The summed E-state index contributed by atoms with van der Waals surface area (Å²) in [5, 5.41) is 8.68. The fourth-order valence-electron chi connectivity index (χ4n) is 2.67. The third-order valence-electron chi connectivity index (χ3n) is 4.12. The van der Waals surface area contributed by atoms with Gasteiger partial charge in [0.1, 0.15) is 0 Å². The summed E-state index contributed by atoms with van der Waals surface area (Å²) >= 11 is 0. The fraction of sp³-hybridized carbons (Fsp3) is 0.889. The highest BCUT2D eigenvalue weighted by atomic mass is 16.2. The lowest BCUT2D eigenvalue weighted by atomic mass is 10.0. The summed E-state index contributed by atoms with van der Waals surface area (Å²) in [6.07, 6.45) is 20.0. The van der Waals surface area contributed by atoms with Gasteiger partial charge in [0.25, 0.3) is 0 Å². The third kappa shape index (κ3) is 13.7. The van der Waals surface area contributed by atoms with Crippen molar-refractivity contribution in [2.75, 3.05) is 6.54 Å². The van der Waals surface area contributed by atoms with Crippen molar-refractivity contribution in [2.24, 2.45) is 5.73 Å². The first kappa shape index (κ1) is 20.8. The zero-order valence-corrected chi connectivity index (χ0v) is 14.5. The van der Waals surface area contributed by atoms with Gasteiger partial charge in [-0.05, 0) is 6.42 Å². The predicted octanol–water partition coefficient (Wildman–Crippen LogP) is 5.33. The van der Waals surface area contributed by atoms with E-state index in [4.69, 9.17) is 11.0 Å². The predicted molar refractivity (Wildman–Crippen MR) is 92.2 cm³/mol. The smallest absolute Gasteiger partial charge is 0.327 e. The number of nitriles is 1. The molecule has 4 nitrogen and oxygen atoms in total. The van der Waals surface area contributed by atoms with Crippen LogP contribution in [0.3, 0.4) is 0 Å². The molecule has 0 saturated heterocycles. The van der Waals surface area contributed by atoms with Gasteiger partial charge in [0.2, 0.25) is 0 Å². The second kappa shape index (κ2) is 16.1. The molecule has 0 aliphatic rings. The van der Waals surface area contributed by atoms with E-state index in [2.05, 4.69) is 6.92 Å². The Morgan fingerprint density at radius 2 is 1.18 bits per heavy atom. The van der Waals surface area contributed by atoms with Crippen LogP contribution in [0.5, 0.6) is 0 Å². The van der Waals surface area contributed by atoms with Crippen LogP contribution in [0, 0.1) is 11.5 Å². The summed E-state index contributed by atoms with van der Waals surface area (Å²) in [5.74, 6) is 0. The van der Waals surface area contributed by atoms with Gasteiger partial charge in [-0.1, -0.05) is 90.4 Å². The molecule has 22 heavy (non-hydrogen) atoms. The van der Waals surface area contributed by atoms with Crippen LogP contribution in [-0.4, -0.2) is 17.5 Å². The molecule has 0 spiro atoms. The van der Waals surface area contributed by atoms with Gasteiger partial charge in [0.15, 0.2) is 6.19 Å². The Bertz CT molecular complexity index is 299. The van der Waals surface area contributed by atoms with Crippen molar-refractivity contribution in [1.29, 1.82) is 5.26 Å². The Kier molecular flexibility index (Phi) is 15.2. The van der Waals surface area contributed by atoms with Crippen molar-refractivity contribution < 1.29 is 4.79 Å². The van der Waals surface area contributed by atoms with Crippen molar-refractivity contribution in [2.45, 2.75) is 96.8 Å². The minimum atomic E-state index is -0.641. The SMILES string of the molecule is CCCCCCCCCCCCCCCCN(C#N)C(N)=O. The third-order valence-corrected chi connectivity index (χ3v) is 4.12. The Morgan fingerprint density at radius 3 is 1.50 bits per heavy atom. The highest BCUT2D eigenvalue weighted by Crippen LogP contribution is 2.13. The Labute approximate surface area is 137 Å². The summed E-state index contributed by atoms with van der Waals surface area (Å²) in [5.41, 5.74) is 5.07. The summed E-state index contributed by atoms with van der Waals surface area (Å²) in [6.45, 7) is 2.72. The van der Waals surface area contributed by atoms with Crippen molar-refractivity contribution in [3.63, 3.8) is 0 Å². The number of hydrogen-bond acceptors (Lipinski definition) is 2. The highest BCUT2D eigenvalue weighted by molar-refractivity contribution is 5.73. The molecular formula is C18H35N3O. The quantitative estimate of drug-likeness (QED) is 0.252. The van der Waals surface area contributed by atoms with Crippen LogP contribution in [0.15, 0.2) is 0 Å². The lowest BCUT2D eigenvalue weighted by molar-refractivity contribution is 0.226. The van der Waals surface area contributed by atoms with Crippen molar-refractivity contribution in [1.82, 2.24) is 4.90 Å². The zero-order chi connectivity index (χ0) is 16.5. The number of amides is 2. The number of nitrogens with zero attached hydrogens (tertiary/aromatic N) is 2. The number of carbonyl (C=O) groups excluding carboxylic acids is 1. The topological polar surface area (TPSA) is 70.1 Å². The molecular weight excluding hydrogens is 274 g/mol. The molecule has 0 aromatic rings. The van der Waals surface area contributed by atoms with Gasteiger partial charge in [0, 0.05) is 6.54 Å². The first-order valence-corrected chi connectivity index (χ1v) is 9.19. The number of hydrogen-bond donors (Lipinski definition) is 1. The molecule has 0 aliphatic carbocycles. The normalized spacial score (nSPS) is 10.4. The average molecular weight is 309 g/mol. The molecule has 0 aliphatic heterocycles. The molecule has 0 aromatic carbocycles. The minimum Gasteiger partial charge on any atom is -0.351 e. The zero-order valence-electron chi connectivity index (χ0n) is 14.5. The fourth-order valence-corrected chi connectivity index (χ4v) is 2.67. The number of nitrogens with two attached hydrogens (primary N) is 1. The van der Waals surface area contributed by atoms with E-state index in [-0.39, 0.29) is 0 Å². The summed E-state index contributed by atoms with van der Waals surface area (Å²) in [7, 11) is 0. The van der Waals surface area contributed by atoms with Gasteiger partial charge < -0.3 is 5.73 Å². The van der Waals surface area contributed by atoms with Crippen LogP contribution in [0.2, 0.25) is 0 Å². The maximum atomic E-state index is 10.8. The molecule has 0 radical (unpaired) electrons. The Morgan fingerprint density at radius 1 is 0.818 bits per heavy atom. The van der Waals surface area contributed by atoms with Crippen molar-refractivity contribution in [3.05, 3.63) is 0 Å². The molecule has 0 heterocycles. The van der Waals surface area contributed by atoms with Crippen LogP contribution in [0.25, 0.3) is 0 Å². The molecule has 0 aromatic heterocycles. The molecule has 2 N–H and O–H groups in total. The lowest BCUT2D eigenvalue weighted by Gasteiger charge is -2.09. The first-order chi connectivity index (χ1) is 10.7. The number of rotatable bonds is 15. The number of unbranched alkanes of at least 4 members (excludes halogenated alkanes) is 13. The average Bonchev–Trinajstić information content (AvgIpc) is 2.51. The van der Waals surface area contributed by atoms with Gasteiger partial charge in [-0.15, -0.1) is 0 Å². The van der Waals surface area contributed by atoms with Crippen LogP contribution in [-0.2, 0) is 0 Å². The number of urea groups is 1. The van der Waals surface area contributed by atoms with E-state index in [9.17, 15) is 4.79 Å². The second-order valence-electron chi connectivity index (χ2n) is 6.19. The molecule has 2 amide bonds. The Balaban J connectivity index is 3.15. The van der Waals surface area contributed by atoms with Gasteiger partial charge in [0.05, 0.1) is 0 Å². The molecule has 0 bridgehead atoms. The van der Waals surface area contributed by atoms with E-state index < -0.39 is 6.03 Å². The largest absolute Gasteiger partial charge is 0.351 e. The monoisotopic (exact) mass is 309 g/mol. The van der Waals surface area contributed by atoms with E-state index in [1.54, 1.807) is 6.19 Å². The highest BCUT2D eigenvalue weighted by Gasteiger charge is 2.06. The lowest BCUT2D eigenvalue weighted by Crippen LogP contribution is -2.32. The molecule has 4 heteroatoms. The standard InChI is InChI=1S/C18H35N3O/c1-2-3-4-5-6-7-8-9-10-11-12-13-14-15-16-21(17-19)18(20)22/h2-16H2,1H3,(H2,20,22). The van der Waals surface area contributed by atoms with Gasteiger partial charge in [-0.25, -0.2) is 9.69 Å². The van der Waals surface area contributed by atoms with Gasteiger partial charge in [-0.3, -0.25) is 0 Å². The van der Waals surface area contributed by atoms with Crippen LogP contribution in [0.4, 0.5) is 4.79 Å². The minimum absolute atomic E-state index is 0.462. The molecule has 128 valence electrons. The van der Waals surface area contributed by atoms with E-state index in [0.29, 0.717) is 6.54 Å². The van der Waals surface area contributed by atoms with Gasteiger partial charge in [-0.2, -0.15) is 5.26 Å². The second-order valence-corrected chi connectivity index (χ2v) is 6.19. The van der Waals surface area contributed by atoms with E-state index in [0.717, 1.165) is 17.7 Å². The summed E-state index contributed by atoms with van der Waals surface area (Å²) in [4.78, 5) is 11.8. The van der Waals surface area contributed by atoms with E-state index in [1.165, 1.54) is 77.0 Å². The van der Waals surface area contributed by atoms with Crippen LogP contribution >= 0.6 is 0 Å². The number of primary amides is 1.